The van der Waals surface area contributed by atoms with E-state index in [1.54, 1.807) is 6.92 Å². The Kier molecular flexibility index (Phi) is 3.41. The maximum absolute atomic E-state index is 13.4. The molecule has 6 heteroatoms. The fourth-order valence-corrected chi connectivity index (χ4v) is 1.42. The fraction of sp³-hybridized carbons (Fsp3) is 0.0769. The first kappa shape index (κ1) is 12.9. The molecule has 4 nitrogen and oxygen atoms in total. The standard InChI is InChI=1S/C13H9F2NO3/c1-7-2-3-8(13(17)18)4-11(7)19-12-10(15)5-9(14)6-16-12/h2-6H,1H3,(H,17,18). The van der Waals surface area contributed by atoms with Crippen LogP contribution < -0.4 is 4.74 Å². The number of halogens is 2. The zero-order valence-corrected chi connectivity index (χ0v) is 9.85. The number of carboxylic acid groups (broad SMARTS) is 1. The van der Waals surface area contributed by atoms with Crippen molar-refractivity contribution in [1.29, 1.82) is 0 Å². The molecular weight excluding hydrogens is 256 g/mol. The maximum Gasteiger partial charge on any atom is 0.335 e. The first-order chi connectivity index (χ1) is 8.97. The molecule has 2 aromatic rings. The lowest BCUT2D eigenvalue weighted by Gasteiger charge is -2.09. The van der Waals surface area contributed by atoms with E-state index in [0.29, 0.717) is 11.6 Å². The molecule has 0 saturated carbocycles. The number of pyridine rings is 1. The Morgan fingerprint density at radius 3 is 2.68 bits per heavy atom. The van der Waals surface area contributed by atoms with Crippen molar-refractivity contribution >= 4 is 5.97 Å². The quantitative estimate of drug-likeness (QED) is 0.926. The largest absolute Gasteiger partial charge is 0.478 e. The molecule has 0 unspecified atom stereocenters. The zero-order chi connectivity index (χ0) is 14.0. The number of hydrogen-bond acceptors (Lipinski definition) is 3. The molecule has 0 fully saturated rings. The van der Waals surface area contributed by atoms with Gasteiger partial charge in [0, 0.05) is 6.07 Å². The van der Waals surface area contributed by atoms with Gasteiger partial charge in [0.2, 0.25) is 0 Å². The highest BCUT2D eigenvalue weighted by atomic mass is 19.1. The Bertz CT molecular complexity index is 644. The number of benzene rings is 1. The molecule has 0 bridgehead atoms. The number of aryl methyl sites for hydroxylation is 1. The Labute approximate surface area is 107 Å². The van der Waals surface area contributed by atoms with Gasteiger partial charge in [0.05, 0.1) is 11.8 Å². The summed E-state index contributed by atoms with van der Waals surface area (Å²) in [7, 11) is 0. The molecule has 98 valence electrons. The van der Waals surface area contributed by atoms with E-state index in [1.165, 1.54) is 18.2 Å². The minimum absolute atomic E-state index is 0.00289. The number of ether oxygens (including phenoxy) is 1. The average Bonchev–Trinajstić information content (AvgIpc) is 2.34. The molecule has 0 aliphatic carbocycles. The summed E-state index contributed by atoms with van der Waals surface area (Å²) in [6.45, 7) is 1.67. The summed E-state index contributed by atoms with van der Waals surface area (Å²) in [5, 5.41) is 8.86. The van der Waals surface area contributed by atoms with Crippen LogP contribution in [0.4, 0.5) is 8.78 Å². The lowest BCUT2D eigenvalue weighted by molar-refractivity contribution is 0.0696. The second-order valence-electron chi connectivity index (χ2n) is 3.83. The number of aromatic carboxylic acids is 1. The Balaban J connectivity index is 2.37. The maximum atomic E-state index is 13.4. The molecule has 0 spiro atoms. The summed E-state index contributed by atoms with van der Waals surface area (Å²) in [6.07, 6.45) is 0.814. The molecule has 0 radical (unpaired) electrons. The van der Waals surface area contributed by atoms with E-state index in [4.69, 9.17) is 9.84 Å². The highest BCUT2D eigenvalue weighted by Crippen LogP contribution is 2.26. The summed E-state index contributed by atoms with van der Waals surface area (Å²) in [6, 6.07) is 4.82. The van der Waals surface area contributed by atoms with E-state index < -0.39 is 23.5 Å². The van der Waals surface area contributed by atoms with Gasteiger partial charge in [0.1, 0.15) is 11.6 Å². The van der Waals surface area contributed by atoms with E-state index in [1.807, 2.05) is 0 Å². The number of carbonyl (C=O) groups is 1. The van der Waals surface area contributed by atoms with E-state index >= 15 is 0 Å². The lowest BCUT2D eigenvalue weighted by atomic mass is 10.1. The van der Waals surface area contributed by atoms with Crippen LogP contribution >= 0.6 is 0 Å². The predicted octanol–water partition coefficient (Wildman–Crippen LogP) is 3.16. The van der Waals surface area contributed by atoms with Crippen molar-refractivity contribution in [2.24, 2.45) is 0 Å². The van der Waals surface area contributed by atoms with Gasteiger partial charge in [-0.3, -0.25) is 0 Å². The van der Waals surface area contributed by atoms with E-state index in [-0.39, 0.29) is 11.3 Å². The first-order valence-corrected chi connectivity index (χ1v) is 5.30. The molecule has 1 aromatic carbocycles. The van der Waals surface area contributed by atoms with Gasteiger partial charge in [-0.25, -0.2) is 18.6 Å². The van der Waals surface area contributed by atoms with E-state index in [9.17, 15) is 13.6 Å². The van der Waals surface area contributed by atoms with Crippen molar-refractivity contribution in [2.75, 3.05) is 0 Å². The van der Waals surface area contributed by atoms with Crippen LogP contribution in [0.1, 0.15) is 15.9 Å². The monoisotopic (exact) mass is 265 g/mol. The predicted molar refractivity (Wildman–Crippen MR) is 62.4 cm³/mol. The molecule has 0 aliphatic heterocycles. The van der Waals surface area contributed by atoms with Crippen molar-refractivity contribution in [3.05, 3.63) is 53.2 Å². The van der Waals surface area contributed by atoms with Gasteiger partial charge in [-0.1, -0.05) is 6.07 Å². The van der Waals surface area contributed by atoms with Crippen molar-refractivity contribution in [3.63, 3.8) is 0 Å². The molecule has 0 saturated heterocycles. The van der Waals surface area contributed by atoms with Crippen LogP contribution in [-0.4, -0.2) is 16.1 Å². The van der Waals surface area contributed by atoms with Gasteiger partial charge in [0.15, 0.2) is 5.82 Å². The Morgan fingerprint density at radius 1 is 1.32 bits per heavy atom. The molecular formula is C13H9F2NO3. The van der Waals surface area contributed by atoms with Crippen LogP contribution in [0.3, 0.4) is 0 Å². The summed E-state index contributed by atoms with van der Waals surface area (Å²) >= 11 is 0. The molecule has 0 atom stereocenters. The molecule has 1 heterocycles. The van der Waals surface area contributed by atoms with E-state index in [0.717, 1.165) is 6.20 Å². The molecule has 1 N–H and O–H groups in total. The zero-order valence-electron chi connectivity index (χ0n) is 9.85. The fourth-order valence-electron chi connectivity index (χ4n) is 1.42. The van der Waals surface area contributed by atoms with Crippen LogP contribution in [0.5, 0.6) is 11.6 Å². The number of rotatable bonds is 3. The summed E-state index contributed by atoms with van der Waals surface area (Å²) in [4.78, 5) is 14.3. The van der Waals surface area contributed by atoms with E-state index in [2.05, 4.69) is 4.98 Å². The van der Waals surface area contributed by atoms with Crippen molar-refractivity contribution in [3.8, 4) is 11.6 Å². The third-order valence-corrected chi connectivity index (χ3v) is 2.42. The van der Waals surface area contributed by atoms with Crippen LogP contribution in [0.25, 0.3) is 0 Å². The molecule has 1 aromatic heterocycles. The Hall–Kier alpha value is -2.50. The van der Waals surface area contributed by atoms with Crippen molar-refractivity contribution < 1.29 is 23.4 Å². The van der Waals surface area contributed by atoms with Crippen LogP contribution in [0, 0.1) is 18.6 Å². The molecule has 0 amide bonds. The molecule has 19 heavy (non-hydrogen) atoms. The SMILES string of the molecule is Cc1ccc(C(=O)O)cc1Oc1ncc(F)cc1F. The van der Waals surface area contributed by atoms with Gasteiger partial charge in [-0.2, -0.15) is 0 Å². The van der Waals surface area contributed by atoms with Gasteiger partial charge < -0.3 is 9.84 Å². The van der Waals surface area contributed by atoms with Crippen molar-refractivity contribution in [2.45, 2.75) is 6.92 Å². The molecule has 0 aliphatic rings. The van der Waals surface area contributed by atoms with Crippen molar-refractivity contribution in [1.82, 2.24) is 4.98 Å². The number of nitrogens with zero attached hydrogens (tertiary/aromatic N) is 1. The molecule has 2 rings (SSSR count). The highest BCUT2D eigenvalue weighted by molar-refractivity contribution is 5.88. The first-order valence-electron chi connectivity index (χ1n) is 5.30. The lowest BCUT2D eigenvalue weighted by Crippen LogP contribution is -1.99. The highest BCUT2D eigenvalue weighted by Gasteiger charge is 2.12. The second kappa shape index (κ2) is 5.01. The van der Waals surface area contributed by atoms with Crippen LogP contribution in [0.2, 0.25) is 0 Å². The van der Waals surface area contributed by atoms with Gasteiger partial charge in [-0.05, 0) is 24.6 Å². The number of hydrogen-bond donors (Lipinski definition) is 1. The smallest absolute Gasteiger partial charge is 0.335 e. The van der Waals surface area contributed by atoms with Gasteiger partial charge >= 0.3 is 5.97 Å². The number of aromatic nitrogens is 1. The van der Waals surface area contributed by atoms with Crippen LogP contribution in [-0.2, 0) is 0 Å². The minimum atomic E-state index is -1.13. The summed E-state index contributed by atoms with van der Waals surface area (Å²) < 4.78 is 31.3. The summed E-state index contributed by atoms with van der Waals surface area (Å²) in [5.41, 5.74) is 0.610. The Morgan fingerprint density at radius 2 is 2.05 bits per heavy atom. The van der Waals surface area contributed by atoms with Gasteiger partial charge in [0.25, 0.3) is 5.88 Å². The minimum Gasteiger partial charge on any atom is -0.478 e. The second-order valence-corrected chi connectivity index (χ2v) is 3.83. The average molecular weight is 265 g/mol. The third kappa shape index (κ3) is 2.85. The summed E-state index contributed by atoms with van der Waals surface area (Å²) in [5.74, 6) is -3.16. The van der Waals surface area contributed by atoms with Gasteiger partial charge in [-0.15, -0.1) is 0 Å². The number of carboxylic acids is 1. The van der Waals surface area contributed by atoms with Crippen LogP contribution in [0.15, 0.2) is 30.5 Å². The normalized spacial score (nSPS) is 10.3. The third-order valence-electron chi connectivity index (χ3n) is 2.42. The topological polar surface area (TPSA) is 59.4 Å².